The Morgan fingerprint density at radius 1 is 1.00 bits per heavy atom. The third kappa shape index (κ3) is 4.60. The number of aromatic nitrogens is 1. The molecule has 0 radical (unpaired) electrons. The number of unbranched alkanes of at least 4 members (excludes halogenated alkanes) is 2. The van der Waals surface area contributed by atoms with Crippen molar-refractivity contribution in [2.24, 2.45) is 0 Å². The van der Waals surface area contributed by atoms with E-state index < -0.39 is 0 Å². The Morgan fingerprint density at radius 3 is 2.31 bits per heavy atom. The predicted molar refractivity (Wildman–Crippen MR) is 121 cm³/mol. The third-order valence-electron chi connectivity index (χ3n) is 5.32. The number of nitrogens with zero attached hydrogens (tertiary/aromatic N) is 2. The molecule has 2 heterocycles. The number of benzene rings is 2. The van der Waals surface area contributed by atoms with Crippen LogP contribution in [-0.4, -0.2) is 34.2 Å². The summed E-state index contributed by atoms with van der Waals surface area (Å²) in [6.07, 6.45) is 2.33. The van der Waals surface area contributed by atoms with Gasteiger partial charge in [0.25, 0.3) is 11.8 Å². The van der Waals surface area contributed by atoms with Crippen LogP contribution < -0.4 is 5.32 Å². The second kappa shape index (κ2) is 9.40. The fraction of sp³-hybridized carbons (Fsp3) is 0.250. The van der Waals surface area contributed by atoms with Gasteiger partial charge in [-0.25, -0.2) is 9.37 Å². The summed E-state index contributed by atoms with van der Waals surface area (Å²) in [5.74, 6) is -0.942. The Labute approximate surface area is 189 Å². The van der Waals surface area contributed by atoms with Crippen molar-refractivity contribution < 1.29 is 18.8 Å². The summed E-state index contributed by atoms with van der Waals surface area (Å²) in [6, 6.07) is 12.9. The summed E-state index contributed by atoms with van der Waals surface area (Å²) in [7, 11) is 0. The van der Waals surface area contributed by atoms with Crippen LogP contribution in [0.4, 0.5) is 9.52 Å². The van der Waals surface area contributed by atoms with Crippen LogP contribution in [-0.2, 0) is 4.79 Å². The maximum absolute atomic E-state index is 13.1. The van der Waals surface area contributed by atoms with Crippen molar-refractivity contribution in [1.29, 1.82) is 0 Å². The van der Waals surface area contributed by atoms with Crippen LogP contribution in [0.25, 0.3) is 11.3 Å². The minimum absolute atomic E-state index is 0.134. The van der Waals surface area contributed by atoms with Gasteiger partial charge >= 0.3 is 0 Å². The minimum Gasteiger partial charge on any atom is -0.302 e. The topological polar surface area (TPSA) is 79.4 Å². The normalized spacial score (nSPS) is 12.9. The molecule has 0 saturated heterocycles. The number of anilines is 1. The van der Waals surface area contributed by atoms with E-state index in [1.807, 2.05) is 6.92 Å². The van der Waals surface area contributed by atoms with Crippen LogP contribution in [0.5, 0.6) is 0 Å². The van der Waals surface area contributed by atoms with Gasteiger partial charge in [0, 0.05) is 23.4 Å². The van der Waals surface area contributed by atoms with Crippen molar-refractivity contribution in [3.63, 3.8) is 0 Å². The van der Waals surface area contributed by atoms with Gasteiger partial charge in [0.15, 0.2) is 5.13 Å². The largest absolute Gasteiger partial charge is 0.302 e. The van der Waals surface area contributed by atoms with E-state index in [9.17, 15) is 18.8 Å². The molecular weight excluding hydrogens is 429 g/mol. The summed E-state index contributed by atoms with van der Waals surface area (Å²) in [5, 5.41) is 3.33. The molecule has 0 bridgehead atoms. The van der Waals surface area contributed by atoms with Gasteiger partial charge in [0.05, 0.1) is 16.8 Å². The van der Waals surface area contributed by atoms with Crippen LogP contribution in [0.1, 0.15) is 51.3 Å². The number of carbonyl (C=O) groups is 3. The number of carbonyl (C=O) groups excluding carboxylic acids is 3. The molecule has 1 aromatic heterocycles. The SMILES string of the molecule is Cc1sc(NC(=O)CCCCCN2C(=O)c3ccccc3C2=O)nc1-c1ccc(F)cc1. The first-order chi connectivity index (χ1) is 15.4. The number of rotatable bonds is 8. The average molecular weight is 452 g/mol. The Balaban J connectivity index is 1.22. The molecule has 0 saturated carbocycles. The summed E-state index contributed by atoms with van der Waals surface area (Å²) in [6.45, 7) is 2.26. The van der Waals surface area contributed by atoms with Crippen molar-refractivity contribution in [2.45, 2.75) is 32.6 Å². The highest BCUT2D eigenvalue weighted by atomic mass is 32.1. The van der Waals surface area contributed by atoms with Crippen molar-refractivity contribution in [2.75, 3.05) is 11.9 Å². The molecular formula is C24H22FN3O3S. The number of aryl methyl sites for hydroxylation is 1. The first kappa shape index (κ1) is 21.8. The highest BCUT2D eigenvalue weighted by molar-refractivity contribution is 7.16. The van der Waals surface area contributed by atoms with E-state index in [1.54, 1.807) is 36.4 Å². The van der Waals surface area contributed by atoms with Gasteiger partial charge < -0.3 is 5.32 Å². The second-order valence-electron chi connectivity index (χ2n) is 7.60. The molecule has 1 N–H and O–H groups in total. The van der Waals surface area contributed by atoms with Crippen molar-refractivity contribution in [3.8, 4) is 11.3 Å². The molecule has 0 spiro atoms. The monoisotopic (exact) mass is 451 g/mol. The van der Waals surface area contributed by atoms with E-state index in [4.69, 9.17) is 0 Å². The zero-order chi connectivity index (χ0) is 22.7. The lowest BCUT2D eigenvalue weighted by atomic mass is 10.1. The van der Waals surface area contributed by atoms with Gasteiger partial charge in [-0.15, -0.1) is 11.3 Å². The standard InChI is InChI=1S/C24H22FN3O3S/c1-15-21(16-10-12-17(25)13-11-16)27-24(32-15)26-20(29)9-3-2-6-14-28-22(30)18-7-4-5-8-19(18)23(28)31/h4-5,7-8,10-13H,2-3,6,9,14H2,1H3,(H,26,27,29). The van der Waals surface area contributed by atoms with Gasteiger partial charge in [-0.1, -0.05) is 18.6 Å². The van der Waals surface area contributed by atoms with Gasteiger partial charge in [-0.3, -0.25) is 19.3 Å². The maximum atomic E-state index is 13.1. The Morgan fingerprint density at radius 2 is 1.66 bits per heavy atom. The smallest absolute Gasteiger partial charge is 0.261 e. The van der Waals surface area contributed by atoms with Gasteiger partial charge in [0.2, 0.25) is 5.91 Å². The quantitative estimate of drug-likeness (QED) is 0.384. The minimum atomic E-state index is -0.307. The lowest BCUT2D eigenvalue weighted by molar-refractivity contribution is -0.116. The molecule has 164 valence electrons. The van der Waals surface area contributed by atoms with E-state index in [0.29, 0.717) is 42.1 Å². The highest BCUT2D eigenvalue weighted by Gasteiger charge is 2.34. The summed E-state index contributed by atoms with van der Waals surface area (Å²) < 4.78 is 13.1. The van der Waals surface area contributed by atoms with Gasteiger partial charge in [0.1, 0.15) is 5.82 Å². The number of thiazole rings is 1. The second-order valence-corrected chi connectivity index (χ2v) is 8.80. The van der Waals surface area contributed by atoms with Crippen LogP contribution in [0.3, 0.4) is 0 Å². The van der Waals surface area contributed by atoms with Crippen LogP contribution in [0, 0.1) is 12.7 Å². The fourth-order valence-electron chi connectivity index (χ4n) is 3.68. The third-order valence-corrected chi connectivity index (χ3v) is 6.21. The van der Waals surface area contributed by atoms with Crippen molar-refractivity contribution >= 4 is 34.2 Å². The highest BCUT2D eigenvalue weighted by Crippen LogP contribution is 2.30. The van der Waals surface area contributed by atoms with Gasteiger partial charge in [-0.05, 0) is 56.2 Å². The van der Waals surface area contributed by atoms with Crippen molar-refractivity contribution in [3.05, 3.63) is 70.4 Å². The van der Waals surface area contributed by atoms with Crippen molar-refractivity contribution in [1.82, 2.24) is 9.88 Å². The molecule has 6 nitrogen and oxygen atoms in total. The molecule has 3 aromatic rings. The molecule has 4 rings (SSSR count). The Hall–Kier alpha value is -3.39. The van der Waals surface area contributed by atoms with Gasteiger partial charge in [-0.2, -0.15) is 0 Å². The lowest BCUT2D eigenvalue weighted by Gasteiger charge is -2.13. The maximum Gasteiger partial charge on any atom is 0.261 e. The van der Waals surface area contributed by atoms with E-state index >= 15 is 0 Å². The molecule has 0 fully saturated rings. The van der Waals surface area contributed by atoms with E-state index in [1.165, 1.54) is 28.4 Å². The first-order valence-corrected chi connectivity index (χ1v) is 11.2. The predicted octanol–water partition coefficient (Wildman–Crippen LogP) is 5.05. The lowest BCUT2D eigenvalue weighted by Crippen LogP contribution is -2.30. The molecule has 1 aliphatic rings. The summed E-state index contributed by atoms with van der Waals surface area (Å²) in [5.41, 5.74) is 2.44. The number of hydrogen-bond donors (Lipinski definition) is 1. The van der Waals surface area contributed by atoms with E-state index in [-0.39, 0.29) is 23.5 Å². The number of fused-ring (bicyclic) bond motifs is 1. The molecule has 1 aliphatic heterocycles. The average Bonchev–Trinajstić information content (AvgIpc) is 3.26. The zero-order valence-corrected chi connectivity index (χ0v) is 18.4. The first-order valence-electron chi connectivity index (χ1n) is 10.4. The molecule has 2 aromatic carbocycles. The molecule has 8 heteroatoms. The van der Waals surface area contributed by atoms with Crippen LogP contribution in [0.15, 0.2) is 48.5 Å². The molecule has 0 aliphatic carbocycles. The number of halogens is 1. The number of nitrogens with one attached hydrogen (secondary N) is 1. The Kier molecular flexibility index (Phi) is 6.41. The number of imide groups is 1. The summed E-state index contributed by atoms with van der Waals surface area (Å²) in [4.78, 5) is 43.6. The van der Waals surface area contributed by atoms with E-state index in [2.05, 4.69) is 10.3 Å². The summed E-state index contributed by atoms with van der Waals surface area (Å²) >= 11 is 1.38. The fourth-order valence-corrected chi connectivity index (χ4v) is 4.53. The molecule has 3 amide bonds. The molecule has 32 heavy (non-hydrogen) atoms. The number of amides is 3. The van der Waals surface area contributed by atoms with Crippen LogP contribution >= 0.6 is 11.3 Å². The van der Waals surface area contributed by atoms with Crippen LogP contribution in [0.2, 0.25) is 0 Å². The van der Waals surface area contributed by atoms with E-state index in [0.717, 1.165) is 22.6 Å². The number of hydrogen-bond acceptors (Lipinski definition) is 5. The molecule has 0 unspecified atom stereocenters. The Bertz CT molecular complexity index is 1140. The molecule has 0 atom stereocenters. The zero-order valence-electron chi connectivity index (χ0n) is 17.6.